The highest BCUT2D eigenvalue weighted by Gasteiger charge is 2.01. The molecule has 0 saturated carbocycles. The van der Waals surface area contributed by atoms with Crippen molar-refractivity contribution >= 4 is 11.8 Å². The van der Waals surface area contributed by atoms with E-state index < -0.39 is 0 Å². The van der Waals surface area contributed by atoms with Crippen molar-refractivity contribution in [2.45, 2.75) is 0 Å². The van der Waals surface area contributed by atoms with Crippen LogP contribution in [0.15, 0.2) is 11.7 Å². The molecule has 1 aliphatic heterocycles. The summed E-state index contributed by atoms with van der Waals surface area (Å²) in [6.07, 6.45) is 0. The van der Waals surface area contributed by atoms with Crippen LogP contribution in [-0.4, -0.2) is 12.7 Å². The summed E-state index contributed by atoms with van der Waals surface area (Å²) in [4.78, 5) is 0. The number of hydrogen-bond acceptors (Lipinski definition) is 3. The smallest absolute Gasteiger partial charge is 0.190 e. The molecule has 0 bridgehead atoms. The molecule has 0 aromatic carbocycles. The first-order valence-corrected chi connectivity index (χ1v) is 2.90. The average molecular weight is 118 g/mol. The third-order valence-corrected chi connectivity index (χ3v) is 1.33. The van der Waals surface area contributed by atoms with E-state index in [4.69, 9.17) is 9.47 Å². The van der Waals surface area contributed by atoms with E-state index in [-0.39, 0.29) is 0 Å². The second-order valence-electron chi connectivity index (χ2n) is 1.10. The SMILES string of the molecule is C=C1OCOCS1. The molecule has 0 unspecified atom stereocenters. The Morgan fingerprint density at radius 3 is 2.86 bits per heavy atom. The standard InChI is InChI=1S/C4H6O2S/c1-4-6-2-5-3-7-4/h1-3H2. The van der Waals surface area contributed by atoms with Gasteiger partial charge in [0, 0.05) is 0 Å². The lowest BCUT2D eigenvalue weighted by Gasteiger charge is -2.13. The van der Waals surface area contributed by atoms with Crippen LogP contribution < -0.4 is 0 Å². The molecule has 0 aromatic rings. The maximum atomic E-state index is 4.82. The zero-order valence-corrected chi connectivity index (χ0v) is 4.66. The highest BCUT2D eigenvalue weighted by Crippen LogP contribution is 2.18. The van der Waals surface area contributed by atoms with Gasteiger partial charge >= 0.3 is 0 Å². The van der Waals surface area contributed by atoms with Gasteiger partial charge in [-0.25, -0.2) is 0 Å². The Morgan fingerprint density at radius 1 is 1.71 bits per heavy atom. The molecule has 0 amide bonds. The van der Waals surface area contributed by atoms with Crippen LogP contribution in [0.2, 0.25) is 0 Å². The minimum Gasteiger partial charge on any atom is -0.462 e. The Hall–Kier alpha value is -0.150. The average Bonchev–Trinajstić information content (AvgIpc) is 1.69. The monoisotopic (exact) mass is 118 g/mol. The molecule has 2 nitrogen and oxygen atoms in total. The number of thioether (sulfide) groups is 1. The van der Waals surface area contributed by atoms with Gasteiger partial charge in [-0.2, -0.15) is 0 Å². The van der Waals surface area contributed by atoms with Gasteiger partial charge in [0.05, 0.1) is 0 Å². The van der Waals surface area contributed by atoms with Crippen molar-refractivity contribution in [2.24, 2.45) is 0 Å². The van der Waals surface area contributed by atoms with Gasteiger partial charge in [-0.1, -0.05) is 11.8 Å². The van der Waals surface area contributed by atoms with Crippen LogP contribution in [0.25, 0.3) is 0 Å². The van der Waals surface area contributed by atoms with Crippen LogP contribution >= 0.6 is 11.8 Å². The number of ether oxygens (including phenoxy) is 2. The van der Waals surface area contributed by atoms with E-state index in [1.807, 2.05) is 0 Å². The zero-order valence-electron chi connectivity index (χ0n) is 3.85. The number of hydrogen-bond donors (Lipinski definition) is 0. The summed E-state index contributed by atoms with van der Waals surface area (Å²) in [5, 5.41) is 0.756. The van der Waals surface area contributed by atoms with E-state index in [0.29, 0.717) is 12.7 Å². The Labute approximate surface area is 46.5 Å². The van der Waals surface area contributed by atoms with Crippen molar-refractivity contribution in [2.75, 3.05) is 12.7 Å². The predicted octanol–water partition coefficient (Wildman–Crippen LogP) is 1.15. The minimum atomic E-state index is 0.367. The van der Waals surface area contributed by atoms with Gasteiger partial charge in [0.2, 0.25) is 0 Å². The normalized spacial score (nSPS) is 21.4. The molecule has 1 heterocycles. The van der Waals surface area contributed by atoms with Gasteiger partial charge in [-0.15, -0.1) is 0 Å². The second-order valence-corrected chi connectivity index (χ2v) is 2.08. The summed E-state index contributed by atoms with van der Waals surface area (Å²) in [7, 11) is 0. The third-order valence-electron chi connectivity index (χ3n) is 0.606. The fourth-order valence-electron chi connectivity index (χ4n) is 0.290. The molecule has 0 aromatic heterocycles. The highest BCUT2D eigenvalue weighted by atomic mass is 32.2. The summed E-state index contributed by atoms with van der Waals surface area (Å²) in [6, 6.07) is 0. The molecule has 0 atom stereocenters. The van der Waals surface area contributed by atoms with Crippen LogP contribution in [0.5, 0.6) is 0 Å². The van der Waals surface area contributed by atoms with Crippen molar-refractivity contribution < 1.29 is 9.47 Å². The largest absolute Gasteiger partial charge is 0.462 e. The van der Waals surface area contributed by atoms with Crippen LogP contribution in [0.4, 0.5) is 0 Å². The molecule has 0 aliphatic carbocycles. The Balaban J connectivity index is 2.25. The van der Waals surface area contributed by atoms with Crippen LogP contribution in [0, 0.1) is 0 Å². The van der Waals surface area contributed by atoms with E-state index in [9.17, 15) is 0 Å². The van der Waals surface area contributed by atoms with E-state index >= 15 is 0 Å². The van der Waals surface area contributed by atoms with Crippen molar-refractivity contribution in [3.63, 3.8) is 0 Å². The Morgan fingerprint density at radius 2 is 2.57 bits per heavy atom. The van der Waals surface area contributed by atoms with Crippen LogP contribution in [0.1, 0.15) is 0 Å². The quantitative estimate of drug-likeness (QED) is 0.475. The molecule has 0 radical (unpaired) electrons. The molecule has 1 rings (SSSR count). The molecule has 1 fully saturated rings. The Bertz CT molecular complexity index is 73.8. The topological polar surface area (TPSA) is 18.5 Å². The predicted molar refractivity (Wildman–Crippen MR) is 28.6 cm³/mol. The van der Waals surface area contributed by atoms with E-state index in [1.54, 1.807) is 0 Å². The molecule has 7 heavy (non-hydrogen) atoms. The molecule has 1 saturated heterocycles. The summed E-state index contributed by atoms with van der Waals surface area (Å²) in [5.41, 5.74) is 0. The maximum absolute atomic E-state index is 4.82. The first-order chi connectivity index (χ1) is 3.39. The maximum Gasteiger partial charge on any atom is 0.190 e. The van der Waals surface area contributed by atoms with Gasteiger partial charge in [0.25, 0.3) is 0 Å². The summed E-state index contributed by atoms with van der Waals surface area (Å²) in [5.74, 6) is 0.679. The highest BCUT2D eigenvalue weighted by molar-refractivity contribution is 8.02. The Kier molecular flexibility index (Phi) is 1.59. The molecular formula is C4H6O2S. The second kappa shape index (κ2) is 2.23. The van der Waals surface area contributed by atoms with Crippen molar-refractivity contribution in [1.29, 1.82) is 0 Å². The van der Waals surface area contributed by atoms with Crippen molar-refractivity contribution in [3.05, 3.63) is 11.7 Å². The lowest BCUT2D eigenvalue weighted by molar-refractivity contribution is -0.00249. The van der Waals surface area contributed by atoms with E-state index in [2.05, 4.69) is 6.58 Å². The van der Waals surface area contributed by atoms with Crippen LogP contribution in [-0.2, 0) is 9.47 Å². The van der Waals surface area contributed by atoms with Gasteiger partial charge in [0.1, 0.15) is 5.94 Å². The van der Waals surface area contributed by atoms with Crippen LogP contribution in [0.3, 0.4) is 0 Å². The lowest BCUT2D eigenvalue weighted by Crippen LogP contribution is -2.03. The van der Waals surface area contributed by atoms with Gasteiger partial charge in [0.15, 0.2) is 11.9 Å². The van der Waals surface area contributed by atoms with Crippen molar-refractivity contribution in [1.82, 2.24) is 0 Å². The summed E-state index contributed by atoms with van der Waals surface area (Å²) < 4.78 is 9.64. The van der Waals surface area contributed by atoms with Gasteiger partial charge in [-0.3, -0.25) is 0 Å². The fraction of sp³-hybridized carbons (Fsp3) is 0.500. The molecule has 1 aliphatic rings. The van der Waals surface area contributed by atoms with E-state index in [1.165, 1.54) is 11.8 Å². The molecule has 0 N–H and O–H groups in total. The molecule has 40 valence electrons. The van der Waals surface area contributed by atoms with Crippen molar-refractivity contribution in [3.8, 4) is 0 Å². The molecule has 3 heteroatoms. The minimum absolute atomic E-state index is 0.367. The first-order valence-electron chi connectivity index (χ1n) is 1.92. The first kappa shape index (κ1) is 5.00. The molecule has 0 spiro atoms. The summed E-state index contributed by atoms with van der Waals surface area (Å²) >= 11 is 1.48. The molecular weight excluding hydrogens is 112 g/mol. The van der Waals surface area contributed by atoms with Gasteiger partial charge < -0.3 is 9.47 Å². The fourth-order valence-corrected chi connectivity index (χ4v) is 0.705. The summed E-state index contributed by atoms with van der Waals surface area (Å²) in [6.45, 7) is 3.94. The lowest BCUT2D eigenvalue weighted by atomic mass is 11.1. The zero-order chi connectivity index (χ0) is 5.11. The third kappa shape index (κ3) is 1.41. The van der Waals surface area contributed by atoms with Gasteiger partial charge in [-0.05, 0) is 6.58 Å². The van der Waals surface area contributed by atoms with E-state index in [0.717, 1.165) is 5.09 Å². The number of rotatable bonds is 0.